The number of hydrogen-bond acceptors (Lipinski definition) is 2. The second-order valence-electron chi connectivity index (χ2n) is 14.1. The van der Waals surface area contributed by atoms with Gasteiger partial charge in [-0.05, 0) is 87.3 Å². The number of anilines is 3. The predicted molar refractivity (Wildman–Crippen MR) is 222 cm³/mol. The lowest BCUT2D eigenvalue weighted by Gasteiger charge is -2.28. The van der Waals surface area contributed by atoms with Crippen LogP contribution in [0.1, 0.15) is 0 Å². The van der Waals surface area contributed by atoms with Gasteiger partial charge in [0.25, 0.3) is 0 Å². The highest BCUT2D eigenvalue weighted by Gasteiger charge is 2.30. The topological polar surface area (TPSA) is 21.3 Å². The molecule has 0 atom stereocenters. The zero-order valence-electron chi connectivity index (χ0n) is 28.6. The molecule has 2 heterocycles. The van der Waals surface area contributed by atoms with E-state index in [1.165, 1.54) is 60.1 Å². The zero-order chi connectivity index (χ0) is 34.6. The molecule has 3 nitrogen and oxygen atoms in total. The van der Waals surface area contributed by atoms with E-state index in [1.807, 2.05) is 6.07 Å². The molecule has 11 aromatic rings. The monoisotopic (exact) mass is 674 g/mol. The Morgan fingerprint density at radius 3 is 2.02 bits per heavy atom. The second-order valence-corrected chi connectivity index (χ2v) is 14.1. The summed E-state index contributed by atoms with van der Waals surface area (Å²) in [5, 5.41) is 9.76. The summed E-state index contributed by atoms with van der Waals surface area (Å²) in [4.78, 5) is 2.44. The van der Waals surface area contributed by atoms with Crippen LogP contribution in [0.4, 0.5) is 17.1 Å². The zero-order valence-corrected chi connectivity index (χ0v) is 28.6. The lowest BCUT2D eigenvalue weighted by Crippen LogP contribution is -2.12. The van der Waals surface area contributed by atoms with Crippen LogP contribution in [0.3, 0.4) is 0 Å². The van der Waals surface area contributed by atoms with Gasteiger partial charge in [-0.1, -0.05) is 127 Å². The molecule has 1 aliphatic rings. The molecule has 1 aliphatic carbocycles. The maximum absolute atomic E-state index is 6.80. The van der Waals surface area contributed by atoms with Gasteiger partial charge in [0.2, 0.25) is 0 Å². The van der Waals surface area contributed by atoms with Gasteiger partial charge in [-0.15, -0.1) is 0 Å². The summed E-state index contributed by atoms with van der Waals surface area (Å²) in [5.74, 6) is 0. The van der Waals surface area contributed by atoms with E-state index in [4.69, 9.17) is 4.42 Å². The first kappa shape index (κ1) is 28.6. The molecular weight excluding hydrogens is 645 g/mol. The molecule has 0 bridgehead atoms. The summed E-state index contributed by atoms with van der Waals surface area (Å²) in [6.07, 6.45) is 0. The van der Waals surface area contributed by atoms with Crippen molar-refractivity contribution in [3.8, 4) is 27.9 Å². The summed E-state index contributed by atoms with van der Waals surface area (Å²) in [6.45, 7) is 0. The number of furan rings is 1. The second kappa shape index (κ2) is 10.7. The Kier molecular flexibility index (Phi) is 5.77. The molecule has 0 saturated heterocycles. The molecule has 0 fully saturated rings. The number of rotatable bonds is 4. The van der Waals surface area contributed by atoms with Crippen molar-refractivity contribution in [3.63, 3.8) is 0 Å². The Morgan fingerprint density at radius 2 is 1.09 bits per heavy atom. The minimum atomic E-state index is 0.869. The molecule has 0 unspecified atom stereocenters. The predicted octanol–water partition coefficient (Wildman–Crippen LogP) is 14.1. The fourth-order valence-electron chi connectivity index (χ4n) is 9.09. The van der Waals surface area contributed by atoms with Crippen LogP contribution in [0.15, 0.2) is 186 Å². The van der Waals surface area contributed by atoms with Gasteiger partial charge in [-0.2, -0.15) is 0 Å². The molecule has 53 heavy (non-hydrogen) atoms. The summed E-state index contributed by atoms with van der Waals surface area (Å²) < 4.78 is 9.19. The van der Waals surface area contributed by atoms with Crippen LogP contribution in [-0.2, 0) is 0 Å². The van der Waals surface area contributed by atoms with Gasteiger partial charge in [0.15, 0.2) is 5.58 Å². The summed E-state index contributed by atoms with van der Waals surface area (Å²) in [6, 6.07) is 66.0. The average molecular weight is 675 g/mol. The van der Waals surface area contributed by atoms with Crippen molar-refractivity contribution >= 4 is 82.4 Å². The standard InChI is InChI=1S/C50H30N2O/c1-2-15-33(16-3-1)51-42-23-8-6-18-36(42)37-28-27-34(30-45(37)51)52(44-25-12-22-41-38-19-7-9-26-46(38)53-50(41)44)43-24-11-21-40-39-20-10-14-32-29-31-13-4-5-17-35(31)49(47(32)39)48(40)43/h1-30H. The molecule has 0 saturated carbocycles. The first-order valence-corrected chi connectivity index (χ1v) is 18.2. The van der Waals surface area contributed by atoms with Gasteiger partial charge in [0.1, 0.15) is 5.58 Å². The van der Waals surface area contributed by atoms with E-state index in [-0.39, 0.29) is 0 Å². The quantitative estimate of drug-likeness (QED) is 0.173. The molecule has 0 amide bonds. The van der Waals surface area contributed by atoms with Crippen molar-refractivity contribution in [2.45, 2.75) is 0 Å². The van der Waals surface area contributed by atoms with Crippen molar-refractivity contribution in [1.29, 1.82) is 0 Å². The molecule has 12 rings (SSSR count). The van der Waals surface area contributed by atoms with E-state index in [1.54, 1.807) is 0 Å². The molecule has 0 spiro atoms. The van der Waals surface area contributed by atoms with Crippen molar-refractivity contribution in [2.24, 2.45) is 0 Å². The highest BCUT2D eigenvalue weighted by atomic mass is 16.3. The molecule has 0 aliphatic heterocycles. The SMILES string of the molecule is c1ccc(-n2c3ccccc3c3ccc(N(c4cccc5c4-c4c6ccccc6cc6cccc-5c46)c4cccc5c4oc4ccccc45)cc32)cc1. The minimum absolute atomic E-state index is 0.869. The minimum Gasteiger partial charge on any atom is -0.454 e. The van der Waals surface area contributed by atoms with E-state index < -0.39 is 0 Å². The fraction of sp³-hybridized carbons (Fsp3) is 0. The Morgan fingerprint density at radius 1 is 0.415 bits per heavy atom. The van der Waals surface area contributed by atoms with Gasteiger partial charge in [-0.25, -0.2) is 0 Å². The van der Waals surface area contributed by atoms with Crippen LogP contribution in [0, 0.1) is 0 Å². The van der Waals surface area contributed by atoms with Crippen LogP contribution >= 0.6 is 0 Å². The van der Waals surface area contributed by atoms with Crippen LogP contribution in [0.25, 0.3) is 93.2 Å². The highest BCUT2D eigenvalue weighted by molar-refractivity contribution is 6.26. The number of aromatic nitrogens is 1. The third-order valence-corrected chi connectivity index (χ3v) is 11.3. The van der Waals surface area contributed by atoms with Crippen molar-refractivity contribution in [1.82, 2.24) is 4.57 Å². The van der Waals surface area contributed by atoms with Gasteiger partial charge in [-0.3, -0.25) is 0 Å². The smallest absolute Gasteiger partial charge is 0.159 e. The summed E-state index contributed by atoms with van der Waals surface area (Å²) in [7, 11) is 0. The molecule has 0 radical (unpaired) electrons. The van der Waals surface area contributed by atoms with E-state index in [0.29, 0.717) is 0 Å². The third-order valence-electron chi connectivity index (χ3n) is 11.3. The number of benzene rings is 9. The molecule has 2 aromatic heterocycles. The Hall–Kier alpha value is -7.10. The van der Waals surface area contributed by atoms with Gasteiger partial charge < -0.3 is 13.9 Å². The van der Waals surface area contributed by atoms with Crippen LogP contribution < -0.4 is 4.90 Å². The Labute approximate surface area is 305 Å². The largest absolute Gasteiger partial charge is 0.454 e. The van der Waals surface area contributed by atoms with Crippen LogP contribution in [0.2, 0.25) is 0 Å². The lowest BCUT2D eigenvalue weighted by atomic mass is 9.94. The molecule has 0 N–H and O–H groups in total. The van der Waals surface area contributed by atoms with E-state index in [9.17, 15) is 0 Å². The van der Waals surface area contributed by atoms with Gasteiger partial charge in [0, 0.05) is 44.0 Å². The third kappa shape index (κ3) is 3.94. The lowest BCUT2D eigenvalue weighted by molar-refractivity contribution is 0.669. The molecule has 3 heteroatoms. The average Bonchev–Trinajstić information content (AvgIpc) is 3.88. The highest BCUT2D eigenvalue weighted by Crippen LogP contribution is 2.56. The maximum atomic E-state index is 6.80. The van der Waals surface area contributed by atoms with E-state index >= 15 is 0 Å². The van der Waals surface area contributed by atoms with Crippen LogP contribution in [0.5, 0.6) is 0 Å². The number of para-hydroxylation sites is 4. The Balaban J connectivity index is 1.22. The van der Waals surface area contributed by atoms with Gasteiger partial charge >= 0.3 is 0 Å². The summed E-state index contributed by atoms with van der Waals surface area (Å²) >= 11 is 0. The fourth-order valence-corrected chi connectivity index (χ4v) is 9.09. The van der Waals surface area contributed by atoms with Crippen LogP contribution in [-0.4, -0.2) is 4.57 Å². The van der Waals surface area contributed by atoms with E-state index in [0.717, 1.165) is 50.2 Å². The number of hydrogen-bond donors (Lipinski definition) is 0. The summed E-state index contributed by atoms with van der Waals surface area (Å²) in [5.41, 5.74) is 13.5. The van der Waals surface area contributed by atoms with Crippen molar-refractivity contribution < 1.29 is 4.42 Å². The van der Waals surface area contributed by atoms with Crippen molar-refractivity contribution in [3.05, 3.63) is 182 Å². The Bertz CT molecular complexity index is 3290. The first-order valence-electron chi connectivity index (χ1n) is 18.2. The number of nitrogens with zero attached hydrogens (tertiary/aromatic N) is 2. The molecular formula is C50H30N2O. The van der Waals surface area contributed by atoms with E-state index in [2.05, 4.69) is 185 Å². The normalized spacial score (nSPS) is 12.2. The first-order chi connectivity index (χ1) is 26.3. The molecule has 246 valence electrons. The van der Waals surface area contributed by atoms with Gasteiger partial charge in [0.05, 0.1) is 22.4 Å². The number of fused-ring (bicyclic) bond motifs is 11. The molecule has 9 aromatic carbocycles. The maximum Gasteiger partial charge on any atom is 0.159 e. The van der Waals surface area contributed by atoms with Crippen molar-refractivity contribution in [2.75, 3.05) is 4.90 Å².